The average molecular weight is 577 g/mol. The van der Waals surface area contributed by atoms with E-state index in [9.17, 15) is 10.2 Å². The van der Waals surface area contributed by atoms with Crippen molar-refractivity contribution in [1.82, 2.24) is 0 Å². The van der Waals surface area contributed by atoms with Gasteiger partial charge >= 0.3 is 0 Å². The van der Waals surface area contributed by atoms with E-state index in [1.54, 1.807) is 0 Å². The van der Waals surface area contributed by atoms with Crippen LogP contribution >= 0.6 is 0 Å². The molecule has 0 saturated carbocycles. The second kappa shape index (κ2) is 12.2. The second-order valence-corrected chi connectivity index (χ2v) is 11.7. The van der Waals surface area contributed by atoms with Gasteiger partial charge in [-0.3, -0.25) is 0 Å². The van der Waals surface area contributed by atoms with Crippen LogP contribution in [0.25, 0.3) is 0 Å². The first-order valence-corrected chi connectivity index (χ1v) is 15.7. The third-order valence-electron chi connectivity index (χ3n) is 9.58. The summed E-state index contributed by atoms with van der Waals surface area (Å²) in [5, 5.41) is 28.1. The molecule has 5 aromatic rings. The largest absolute Gasteiger partial charge is 0.380 e. The summed E-state index contributed by atoms with van der Waals surface area (Å²) >= 11 is 0. The molecule has 0 aromatic heterocycles. The first kappa shape index (κ1) is 29.6. The highest BCUT2D eigenvalue weighted by molar-refractivity contribution is 5.59. The molecule has 0 amide bonds. The molecule has 3 atom stereocenters. The second-order valence-electron chi connectivity index (χ2n) is 11.7. The van der Waals surface area contributed by atoms with Crippen LogP contribution in [-0.4, -0.2) is 10.2 Å². The lowest BCUT2D eigenvalue weighted by Crippen LogP contribution is -2.64. The molecule has 0 heterocycles. The van der Waals surface area contributed by atoms with Crippen molar-refractivity contribution in [1.29, 1.82) is 0 Å². The Bertz CT molecular complexity index is 1720. The van der Waals surface area contributed by atoms with Crippen molar-refractivity contribution in [3.63, 3.8) is 0 Å². The van der Waals surface area contributed by atoms with E-state index in [0.29, 0.717) is 16.7 Å². The molecule has 0 fully saturated rings. The summed E-state index contributed by atoms with van der Waals surface area (Å²) in [7, 11) is 0. The Kier molecular flexibility index (Phi) is 8.23. The fraction of sp³-hybridized carbons (Fsp3) is 0.190. The molecular weight excluding hydrogens is 536 g/mol. The van der Waals surface area contributed by atoms with Gasteiger partial charge in [0.1, 0.15) is 11.2 Å². The SMILES string of the molecule is CCc1ccccc1C1C=CC=CC1(c1ccccc1CC)C(O)(c1ccccc1)C(O)(c1ccccc1)c1ccccc1. The molecule has 2 nitrogen and oxygen atoms in total. The van der Waals surface area contributed by atoms with Gasteiger partial charge < -0.3 is 10.2 Å². The van der Waals surface area contributed by atoms with Crippen LogP contribution in [0, 0.1) is 0 Å². The number of hydrogen-bond donors (Lipinski definition) is 2. The highest BCUT2D eigenvalue weighted by Crippen LogP contribution is 2.63. The predicted molar refractivity (Wildman–Crippen MR) is 181 cm³/mol. The molecule has 5 aromatic carbocycles. The molecule has 1 aliphatic carbocycles. The molecule has 1 aliphatic rings. The average Bonchev–Trinajstić information content (AvgIpc) is 3.11. The smallest absolute Gasteiger partial charge is 0.149 e. The lowest BCUT2D eigenvalue weighted by molar-refractivity contribution is -0.179. The van der Waals surface area contributed by atoms with E-state index < -0.39 is 16.6 Å². The number of hydrogen-bond acceptors (Lipinski definition) is 2. The van der Waals surface area contributed by atoms with Crippen LogP contribution in [0.3, 0.4) is 0 Å². The number of rotatable bonds is 9. The monoisotopic (exact) mass is 576 g/mol. The van der Waals surface area contributed by atoms with E-state index in [4.69, 9.17) is 0 Å². The third-order valence-corrected chi connectivity index (χ3v) is 9.58. The fourth-order valence-corrected chi connectivity index (χ4v) is 7.55. The minimum absolute atomic E-state index is 0.305. The normalized spacial score (nSPS) is 19.4. The van der Waals surface area contributed by atoms with Crippen LogP contribution in [0.15, 0.2) is 164 Å². The van der Waals surface area contributed by atoms with Gasteiger partial charge in [-0.2, -0.15) is 0 Å². The van der Waals surface area contributed by atoms with Crippen LogP contribution in [0.4, 0.5) is 0 Å². The number of aliphatic hydroxyl groups is 2. The van der Waals surface area contributed by atoms with Gasteiger partial charge in [-0.05, 0) is 51.8 Å². The molecule has 0 bridgehead atoms. The Morgan fingerprint density at radius 3 is 1.59 bits per heavy atom. The Balaban J connectivity index is 1.85. The summed E-state index contributed by atoms with van der Waals surface area (Å²) < 4.78 is 0. The minimum Gasteiger partial charge on any atom is -0.380 e. The highest BCUT2D eigenvalue weighted by Gasteiger charge is 2.67. The van der Waals surface area contributed by atoms with Gasteiger partial charge in [0.15, 0.2) is 0 Å². The minimum atomic E-state index is -1.90. The maximum Gasteiger partial charge on any atom is 0.149 e. The van der Waals surface area contributed by atoms with Gasteiger partial charge in [0.25, 0.3) is 0 Å². The molecule has 2 N–H and O–H groups in total. The Hall–Kier alpha value is -4.50. The Morgan fingerprint density at radius 1 is 0.545 bits per heavy atom. The molecule has 0 aliphatic heterocycles. The molecule has 0 saturated heterocycles. The van der Waals surface area contributed by atoms with Crippen molar-refractivity contribution >= 4 is 0 Å². The summed E-state index contributed by atoms with van der Waals surface area (Å²) in [5.74, 6) is -0.305. The predicted octanol–water partition coefficient (Wildman–Crippen LogP) is 8.78. The van der Waals surface area contributed by atoms with Crippen LogP contribution in [0.5, 0.6) is 0 Å². The zero-order valence-corrected chi connectivity index (χ0v) is 25.5. The van der Waals surface area contributed by atoms with E-state index >= 15 is 0 Å². The Morgan fingerprint density at radius 2 is 1.02 bits per heavy atom. The van der Waals surface area contributed by atoms with Crippen molar-refractivity contribution in [2.24, 2.45) is 0 Å². The maximum absolute atomic E-state index is 14.3. The van der Waals surface area contributed by atoms with E-state index in [-0.39, 0.29) is 5.92 Å². The van der Waals surface area contributed by atoms with Gasteiger partial charge in [0.05, 0.1) is 5.41 Å². The van der Waals surface area contributed by atoms with Gasteiger partial charge in [-0.1, -0.05) is 178 Å². The molecule has 44 heavy (non-hydrogen) atoms. The van der Waals surface area contributed by atoms with Crippen LogP contribution in [-0.2, 0) is 29.5 Å². The summed E-state index contributed by atoms with van der Waals surface area (Å²) in [6.07, 6.45) is 10.1. The van der Waals surface area contributed by atoms with E-state index in [1.165, 1.54) is 5.56 Å². The van der Waals surface area contributed by atoms with Gasteiger partial charge in [0.2, 0.25) is 0 Å². The first-order valence-electron chi connectivity index (χ1n) is 15.7. The number of allylic oxidation sites excluding steroid dienone is 3. The van der Waals surface area contributed by atoms with Crippen molar-refractivity contribution in [3.05, 3.63) is 203 Å². The van der Waals surface area contributed by atoms with Crippen molar-refractivity contribution < 1.29 is 10.2 Å². The molecule has 0 radical (unpaired) electrons. The summed E-state index contributed by atoms with van der Waals surface area (Å²) in [6, 6.07) is 46.1. The highest BCUT2D eigenvalue weighted by atomic mass is 16.4. The number of benzene rings is 5. The number of aryl methyl sites for hydroxylation is 2. The molecular formula is C42H40O2. The summed E-state index contributed by atoms with van der Waals surface area (Å²) in [5.41, 5.74) is 1.46. The van der Waals surface area contributed by atoms with E-state index in [0.717, 1.165) is 29.5 Å². The lowest BCUT2D eigenvalue weighted by Gasteiger charge is -2.58. The topological polar surface area (TPSA) is 40.5 Å². The summed E-state index contributed by atoms with van der Waals surface area (Å²) in [4.78, 5) is 0. The van der Waals surface area contributed by atoms with Crippen LogP contribution in [0.1, 0.15) is 58.7 Å². The molecule has 220 valence electrons. The van der Waals surface area contributed by atoms with Gasteiger partial charge in [0, 0.05) is 5.92 Å². The molecule has 6 rings (SSSR count). The molecule has 3 unspecified atom stereocenters. The maximum atomic E-state index is 14.3. The van der Waals surface area contributed by atoms with E-state index in [1.807, 2.05) is 97.1 Å². The quantitative estimate of drug-likeness (QED) is 0.184. The van der Waals surface area contributed by atoms with Gasteiger partial charge in [-0.15, -0.1) is 0 Å². The van der Waals surface area contributed by atoms with Crippen molar-refractivity contribution in [3.8, 4) is 0 Å². The summed E-state index contributed by atoms with van der Waals surface area (Å²) in [6.45, 7) is 4.34. The van der Waals surface area contributed by atoms with Crippen LogP contribution in [0.2, 0.25) is 0 Å². The fourth-order valence-electron chi connectivity index (χ4n) is 7.55. The standard InChI is InChI=1S/C42H40O2/c1-3-32-20-14-16-28-37(32)39-30-18-19-31-40(39,38-29-17-15-21-33(38)4-2)42(44,36-26-12-7-13-27-36)41(43,34-22-8-5-9-23-34)35-24-10-6-11-25-35/h5-31,39,43-44H,3-4H2,1-2H3. The first-order chi connectivity index (χ1) is 21.5. The zero-order chi connectivity index (χ0) is 30.6. The van der Waals surface area contributed by atoms with E-state index in [2.05, 4.69) is 80.6 Å². The van der Waals surface area contributed by atoms with Gasteiger partial charge in [-0.25, -0.2) is 0 Å². The molecule has 2 heteroatoms. The van der Waals surface area contributed by atoms with Crippen molar-refractivity contribution in [2.45, 2.75) is 49.2 Å². The zero-order valence-electron chi connectivity index (χ0n) is 25.5. The van der Waals surface area contributed by atoms with Crippen molar-refractivity contribution in [2.75, 3.05) is 0 Å². The third kappa shape index (κ3) is 4.49. The lowest BCUT2D eigenvalue weighted by atomic mass is 9.48. The Labute approximate surface area is 261 Å². The van der Waals surface area contributed by atoms with Crippen LogP contribution < -0.4 is 0 Å². The molecule has 0 spiro atoms.